The van der Waals surface area contributed by atoms with Crippen LogP contribution < -0.4 is 10.6 Å². The Hall–Kier alpha value is -2.07. The first kappa shape index (κ1) is 16.3. The number of guanidine groups is 1. The molecule has 0 aliphatic heterocycles. The van der Waals surface area contributed by atoms with Gasteiger partial charge in [-0.15, -0.1) is 0 Å². The summed E-state index contributed by atoms with van der Waals surface area (Å²) >= 11 is 6.14. The third kappa shape index (κ3) is 5.37. The fourth-order valence-corrected chi connectivity index (χ4v) is 2.32. The monoisotopic (exact) mass is 316 g/mol. The molecule has 2 N–H and O–H groups in total. The summed E-state index contributed by atoms with van der Waals surface area (Å²) in [5.74, 6) is 0.794. The number of aromatic nitrogens is 1. The molecule has 0 fully saturated rings. The fourth-order valence-electron chi connectivity index (χ4n) is 2.09. The van der Waals surface area contributed by atoms with E-state index >= 15 is 0 Å². The molecule has 0 amide bonds. The normalized spacial score (nSPS) is 11.3. The number of aliphatic imine (C=N–C) groups is 1. The maximum atomic E-state index is 6.14. The zero-order chi connectivity index (χ0) is 15.6. The van der Waals surface area contributed by atoms with Crippen LogP contribution in [0.2, 0.25) is 5.02 Å². The van der Waals surface area contributed by atoms with E-state index in [9.17, 15) is 0 Å². The molecule has 0 atom stereocenters. The second-order valence-corrected chi connectivity index (χ2v) is 5.25. The molecule has 1 aromatic carbocycles. The van der Waals surface area contributed by atoms with Gasteiger partial charge in [0.1, 0.15) is 0 Å². The Labute approximate surface area is 136 Å². The molecule has 1 aromatic heterocycles. The topological polar surface area (TPSA) is 49.3 Å². The highest BCUT2D eigenvalue weighted by atomic mass is 35.5. The highest BCUT2D eigenvalue weighted by Crippen LogP contribution is 2.14. The minimum atomic E-state index is 0.785. The maximum Gasteiger partial charge on any atom is 0.190 e. The molecule has 0 spiro atoms. The molecule has 5 heteroatoms. The van der Waals surface area contributed by atoms with Gasteiger partial charge >= 0.3 is 0 Å². The average Bonchev–Trinajstić information content (AvgIpc) is 2.56. The molecule has 0 radical (unpaired) electrons. The first-order valence-electron chi connectivity index (χ1n) is 7.37. The minimum Gasteiger partial charge on any atom is -0.356 e. The lowest BCUT2D eigenvalue weighted by molar-refractivity contribution is 0.776. The molecular weight excluding hydrogens is 296 g/mol. The van der Waals surface area contributed by atoms with Gasteiger partial charge in [-0.05, 0) is 30.2 Å². The van der Waals surface area contributed by atoms with E-state index in [1.54, 1.807) is 7.05 Å². The van der Waals surface area contributed by atoms with Crippen molar-refractivity contribution < 1.29 is 0 Å². The van der Waals surface area contributed by atoms with Crippen LogP contribution in [0.4, 0.5) is 0 Å². The van der Waals surface area contributed by atoms with Crippen LogP contribution in [0.25, 0.3) is 0 Å². The van der Waals surface area contributed by atoms with E-state index < -0.39 is 0 Å². The van der Waals surface area contributed by atoms with E-state index in [1.165, 1.54) is 0 Å². The molecule has 2 aromatic rings. The summed E-state index contributed by atoms with van der Waals surface area (Å²) in [6.45, 7) is 1.58. The van der Waals surface area contributed by atoms with Crippen LogP contribution in [0.15, 0.2) is 53.7 Å². The Morgan fingerprint density at radius 3 is 2.45 bits per heavy atom. The molecule has 0 unspecified atom stereocenters. The van der Waals surface area contributed by atoms with Gasteiger partial charge in [0.05, 0.1) is 0 Å². The second kappa shape index (κ2) is 9.05. The molecule has 0 aliphatic rings. The summed E-state index contributed by atoms with van der Waals surface area (Å²) in [5, 5.41) is 7.38. The van der Waals surface area contributed by atoms with Crippen LogP contribution in [-0.4, -0.2) is 31.1 Å². The van der Waals surface area contributed by atoms with Crippen LogP contribution >= 0.6 is 11.6 Å². The number of rotatable bonds is 6. The van der Waals surface area contributed by atoms with Gasteiger partial charge in [-0.1, -0.05) is 35.9 Å². The molecule has 1 heterocycles. The van der Waals surface area contributed by atoms with Gasteiger partial charge < -0.3 is 10.6 Å². The van der Waals surface area contributed by atoms with Gasteiger partial charge in [0, 0.05) is 43.5 Å². The molecule has 0 saturated carbocycles. The molecule has 0 aliphatic carbocycles. The van der Waals surface area contributed by atoms with Crippen molar-refractivity contribution in [1.29, 1.82) is 0 Å². The van der Waals surface area contributed by atoms with Crippen molar-refractivity contribution >= 4 is 17.6 Å². The third-order valence-electron chi connectivity index (χ3n) is 3.27. The van der Waals surface area contributed by atoms with Crippen molar-refractivity contribution in [1.82, 2.24) is 15.6 Å². The van der Waals surface area contributed by atoms with Crippen molar-refractivity contribution in [3.63, 3.8) is 0 Å². The van der Waals surface area contributed by atoms with E-state index in [4.69, 9.17) is 11.6 Å². The van der Waals surface area contributed by atoms with Crippen LogP contribution in [0, 0.1) is 0 Å². The summed E-state index contributed by atoms with van der Waals surface area (Å²) in [4.78, 5) is 8.51. The number of hydrogen-bond acceptors (Lipinski definition) is 2. The number of pyridine rings is 1. The summed E-state index contributed by atoms with van der Waals surface area (Å²) in [6.07, 6.45) is 3.54. The Bertz CT molecular complexity index is 599. The lowest BCUT2D eigenvalue weighted by atomic mass is 10.1. The molecule has 0 bridgehead atoms. The molecule has 2 rings (SSSR count). The van der Waals surface area contributed by atoms with E-state index in [-0.39, 0.29) is 0 Å². The van der Waals surface area contributed by atoms with Gasteiger partial charge in [-0.2, -0.15) is 0 Å². The average molecular weight is 317 g/mol. The predicted octanol–water partition coefficient (Wildman–Crippen LogP) is 2.69. The summed E-state index contributed by atoms with van der Waals surface area (Å²) < 4.78 is 0. The third-order valence-corrected chi connectivity index (χ3v) is 3.64. The Morgan fingerprint density at radius 2 is 1.77 bits per heavy atom. The lowest BCUT2D eigenvalue weighted by Gasteiger charge is -2.12. The Balaban J connectivity index is 1.70. The largest absolute Gasteiger partial charge is 0.356 e. The first-order valence-corrected chi connectivity index (χ1v) is 7.75. The Kier molecular flexibility index (Phi) is 6.71. The van der Waals surface area contributed by atoms with E-state index in [1.807, 2.05) is 48.7 Å². The van der Waals surface area contributed by atoms with Gasteiger partial charge in [0.25, 0.3) is 0 Å². The van der Waals surface area contributed by atoms with Crippen LogP contribution in [0.5, 0.6) is 0 Å². The molecule has 4 nitrogen and oxygen atoms in total. The highest BCUT2D eigenvalue weighted by Gasteiger charge is 2.01. The van der Waals surface area contributed by atoms with Gasteiger partial charge in [0.2, 0.25) is 0 Å². The van der Waals surface area contributed by atoms with E-state index in [0.29, 0.717) is 0 Å². The minimum absolute atomic E-state index is 0.785. The smallest absolute Gasteiger partial charge is 0.190 e. The van der Waals surface area contributed by atoms with Crippen LogP contribution in [0.1, 0.15) is 11.3 Å². The summed E-state index contributed by atoms with van der Waals surface area (Å²) in [5.41, 5.74) is 2.21. The maximum absolute atomic E-state index is 6.14. The van der Waals surface area contributed by atoms with Gasteiger partial charge in [-0.3, -0.25) is 9.98 Å². The summed E-state index contributed by atoms with van der Waals surface area (Å²) in [7, 11) is 1.77. The van der Waals surface area contributed by atoms with Gasteiger partial charge in [0.15, 0.2) is 5.96 Å². The summed E-state index contributed by atoms with van der Waals surface area (Å²) in [6, 6.07) is 13.8. The first-order chi connectivity index (χ1) is 10.8. The SMILES string of the molecule is CN=C(NCCc1ccccn1)NCCc1ccccc1Cl. The molecule has 22 heavy (non-hydrogen) atoms. The fraction of sp³-hybridized carbons (Fsp3) is 0.294. The van der Waals surface area contributed by atoms with Crippen molar-refractivity contribution in [2.24, 2.45) is 4.99 Å². The van der Waals surface area contributed by atoms with E-state index in [0.717, 1.165) is 48.2 Å². The number of nitrogens with one attached hydrogen (secondary N) is 2. The molecule has 116 valence electrons. The Morgan fingerprint density at radius 1 is 1.05 bits per heavy atom. The number of halogens is 1. The predicted molar refractivity (Wildman–Crippen MR) is 92.5 cm³/mol. The lowest BCUT2D eigenvalue weighted by Crippen LogP contribution is -2.39. The van der Waals surface area contributed by atoms with E-state index in [2.05, 4.69) is 20.6 Å². The van der Waals surface area contributed by atoms with Crippen molar-refractivity contribution in [3.8, 4) is 0 Å². The van der Waals surface area contributed by atoms with Crippen molar-refractivity contribution in [3.05, 3.63) is 64.9 Å². The van der Waals surface area contributed by atoms with Gasteiger partial charge in [-0.25, -0.2) is 0 Å². The molecular formula is C17H21ClN4. The van der Waals surface area contributed by atoms with Crippen LogP contribution in [-0.2, 0) is 12.8 Å². The number of hydrogen-bond donors (Lipinski definition) is 2. The molecule has 0 saturated heterocycles. The standard InChI is InChI=1S/C17H21ClN4/c1-19-17(22-13-10-15-7-4-5-11-20-15)21-12-9-14-6-2-3-8-16(14)18/h2-8,11H,9-10,12-13H2,1H3,(H2,19,21,22). The number of benzene rings is 1. The van der Waals surface area contributed by atoms with Crippen molar-refractivity contribution in [2.45, 2.75) is 12.8 Å². The zero-order valence-electron chi connectivity index (χ0n) is 12.7. The zero-order valence-corrected chi connectivity index (χ0v) is 13.5. The highest BCUT2D eigenvalue weighted by molar-refractivity contribution is 6.31. The van der Waals surface area contributed by atoms with Crippen LogP contribution in [0.3, 0.4) is 0 Å². The number of nitrogens with zero attached hydrogens (tertiary/aromatic N) is 2. The second-order valence-electron chi connectivity index (χ2n) is 4.84. The van der Waals surface area contributed by atoms with Crippen molar-refractivity contribution in [2.75, 3.05) is 20.1 Å². The quantitative estimate of drug-likeness (QED) is 0.636.